The largest absolute Gasteiger partial charge is 0.488 e. The summed E-state index contributed by atoms with van der Waals surface area (Å²) in [6.07, 6.45) is 0. The van der Waals surface area contributed by atoms with Crippen LogP contribution in [-0.2, 0) is 6.61 Å². The van der Waals surface area contributed by atoms with Gasteiger partial charge in [0.05, 0.1) is 22.0 Å². The molecule has 0 aliphatic carbocycles. The fourth-order valence-corrected chi connectivity index (χ4v) is 3.99. The van der Waals surface area contributed by atoms with Gasteiger partial charge in [-0.25, -0.2) is 9.07 Å². The molecular formula is C24H16ClFN4O3. The second-order valence-corrected chi connectivity index (χ2v) is 7.77. The summed E-state index contributed by atoms with van der Waals surface area (Å²) < 4.78 is 21.2. The number of amides is 2. The molecule has 1 aromatic heterocycles. The maximum absolute atomic E-state index is 13.9. The number of nitrogens with one attached hydrogen (secondary N) is 1. The molecule has 0 bridgehead atoms. The predicted molar refractivity (Wildman–Crippen MR) is 121 cm³/mol. The highest BCUT2D eigenvalue weighted by molar-refractivity contribution is 6.34. The van der Waals surface area contributed by atoms with Crippen LogP contribution < -0.4 is 15.8 Å². The van der Waals surface area contributed by atoms with Gasteiger partial charge >= 0.3 is 0 Å². The normalized spacial score (nSPS) is 11.8. The Hall–Kier alpha value is -4.17. The van der Waals surface area contributed by atoms with Crippen LogP contribution in [-0.4, -0.2) is 21.6 Å². The molecule has 0 unspecified atom stereocenters. The van der Waals surface area contributed by atoms with Crippen molar-refractivity contribution in [3.8, 4) is 22.7 Å². The minimum Gasteiger partial charge on any atom is -0.488 e. The number of hydrogen-bond acceptors (Lipinski definition) is 4. The smallest absolute Gasteiger partial charge is 0.269 e. The molecule has 0 fully saturated rings. The summed E-state index contributed by atoms with van der Waals surface area (Å²) in [6.45, 7) is 0.0707. The van der Waals surface area contributed by atoms with E-state index in [1.165, 1.54) is 16.8 Å². The van der Waals surface area contributed by atoms with Crippen molar-refractivity contribution >= 4 is 29.1 Å². The van der Waals surface area contributed by atoms with Crippen LogP contribution in [0.2, 0.25) is 5.02 Å². The summed E-state index contributed by atoms with van der Waals surface area (Å²) in [4.78, 5) is 24.8. The van der Waals surface area contributed by atoms with Gasteiger partial charge in [0, 0.05) is 16.8 Å². The molecular weight excluding hydrogens is 447 g/mol. The first-order valence-corrected chi connectivity index (χ1v) is 10.3. The number of hydrogen-bond donors (Lipinski definition) is 2. The van der Waals surface area contributed by atoms with Crippen LogP contribution in [0, 0.1) is 5.82 Å². The van der Waals surface area contributed by atoms with E-state index in [-0.39, 0.29) is 18.2 Å². The maximum atomic E-state index is 13.9. The zero-order chi connectivity index (χ0) is 23.1. The highest BCUT2D eigenvalue weighted by Crippen LogP contribution is 2.41. The number of rotatable bonds is 4. The predicted octanol–water partition coefficient (Wildman–Crippen LogP) is 4.58. The minimum atomic E-state index is -0.725. The van der Waals surface area contributed by atoms with Crippen molar-refractivity contribution in [2.45, 2.75) is 6.61 Å². The van der Waals surface area contributed by atoms with Crippen molar-refractivity contribution in [2.24, 2.45) is 5.73 Å². The van der Waals surface area contributed by atoms with Crippen LogP contribution in [0.4, 0.5) is 10.1 Å². The van der Waals surface area contributed by atoms with E-state index in [9.17, 15) is 14.0 Å². The third-order valence-corrected chi connectivity index (χ3v) is 5.58. The lowest BCUT2D eigenvalue weighted by atomic mass is 10.0. The molecule has 9 heteroatoms. The van der Waals surface area contributed by atoms with Gasteiger partial charge in [-0.2, -0.15) is 5.10 Å². The lowest BCUT2D eigenvalue weighted by molar-refractivity contribution is 0.0990. The van der Waals surface area contributed by atoms with Crippen LogP contribution in [0.5, 0.6) is 5.75 Å². The molecule has 2 amide bonds. The molecule has 2 heterocycles. The molecule has 3 aromatic carbocycles. The Morgan fingerprint density at radius 1 is 1.09 bits per heavy atom. The molecule has 0 atom stereocenters. The van der Waals surface area contributed by atoms with Crippen LogP contribution in [0.25, 0.3) is 16.9 Å². The van der Waals surface area contributed by atoms with Gasteiger partial charge in [-0.05, 0) is 48.5 Å². The number of primary amides is 1. The highest BCUT2D eigenvalue weighted by Gasteiger charge is 2.29. The van der Waals surface area contributed by atoms with Gasteiger partial charge < -0.3 is 15.8 Å². The van der Waals surface area contributed by atoms with E-state index in [1.807, 2.05) is 0 Å². The summed E-state index contributed by atoms with van der Waals surface area (Å²) in [5.74, 6) is -1.04. The van der Waals surface area contributed by atoms with E-state index in [0.717, 1.165) is 0 Å². The quantitative estimate of drug-likeness (QED) is 0.464. The Morgan fingerprint density at radius 3 is 2.67 bits per heavy atom. The van der Waals surface area contributed by atoms with E-state index in [4.69, 9.17) is 22.1 Å². The lowest BCUT2D eigenvalue weighted by Crippen LogP contribution is -2.16. The summed E-state index contributed by atoms with van der Waals surface area (Å²) in [6, 6.07) is 17.6. The summed E-state index contributed by atoms with van der Waals surface area (Å²) in [5, 5.41) is 7.49. The van der Waals surface area contributed by atoms with Crippen molar-refractivity contribution in [1.29, 1.82) is 0 Å². The molecule has 33 heavy (non-hydrogen) atoms. The number of carbonyl (C=O) groups excluding carboxylic acids is 2. The Kier molecular flexibility index (Phi) is 5.07. The molecule has 7 nitrogen and oxygen atoms in total. The summed E-state index contributed by atoms with van der Waals surface area (Å²) >= 11 is 6.13. The Morgan fingerprint density at radius 2 is 1.91 bits per heavy atom. The zero-order valence-electron chi connectivity index (χ0n) is 17.0. The van der Waals surface area contributed by atoms with Crippen LogP contribution in [0.3, 0.4) is 0 Å². The average Bonchev–Trinajstić information content (AvgIpc) is 3.20. The molecule has 1 aliphatic heterocycles. The van der Waals surface area contributed by atoms with Crippen molar-refractivity contribution < 1.29 is 18.7 Å². The zero-order valence-corrected chi connectivity index (χ0v) is 17.8. The number of nitrogens with two attached hydrogens (primary N) is 1. The molecule has 5 rings (SSSR count). The van der Waals surface area contributed by atoms with Gasteiger partial charge in [-0.1, -0.05) is 29.8 Å². The fraction of sp³-hybridized carbons (Fsp3) is 0.0417. The average molecular weight is 463 g/mol. The van der Waals surface area contributed by atoms with Crippen molar-refractivity contribution in [2.75, 3.05) is 5.32 Å². The van der Waals surface area contributed by atoms with Gasteiger partial charge in [0.25, 0.3) is 11.8 Å². The molecule has 4 aromatic rings. The monoisotopic (exact) mass is 462 g/mol. The van der Waals surface area contributed by atoms with E-state index in [0.29, 0.717) is 44.5 Å². The Bertz CT molecular complexity index is 1430. The Labute approximate surface area is 192 Å². The number of benzene rings is 3. The second-order valence-electron chi connectivity index (χ2n) is 7.37. The van der Waals surface area contributed by atoms with Crippen molar-refractivity contribution in [1.82, 2.24) is 9.78 Å². The Balaban J connectivity index is 1.62. The van der Waals surface area contributed by atoms with Crippen molar-refractivity contribution in [3.05, 3.63) is 94.4 Å². The van der Waals surface area contributed by atoms with Gasteiger partial charge in [-0.3, -0.25) is 9.59 Å². The highest BCUT2D eigenvalue weighted by atomic mass is 35.5. The van der Waals surface area contributed by atoms with Gasteiger partial charge in [-0.15, -0.1) is 0 Å². The van der Waals surface area contributed by atoms with Crippen molar-refractivity contribution in [3.63, 3.8) is 0 Å². The molecule has 0 saturated heterocycles. The van der Waals surface area contributed by atoms with E-state index in [1.54, 1.807) is 54.6 Å². The number of anilines is 1. The molecule has 1 aliphatic rings. The van der Waals surface area contributed by atoms with E-state index in [2.05, 4.69) is 10.4 Å². The molecule has 0 saturated carbocycles. The first-order valence-electron chi connectivity index (χ1n) is 9.93. The number of nitrogens with zero attached hydrogens (tertiary/aromatic N) is 2. The van der Waals surface area contributed by atoms with Gasteiger partial charge in [0.2, 0.25) is 0 Å². The first-order chi connectivity index (χ1) is 15.9. The third-order valence-electron chi connectivity index (χ3n) is 5.25. The van der Waals surface area contributed by atoms with Crippen LogP contribution in [0.15, 0.2) is 66.7 Å². The van der Waals surface area contributed by atoms with Gasteiger partial charge in [0.1, 0.15) is 18.2 Å². The number of halogens is 2. The molecule has 3 N–H and O–H groups in total. The summed E-state index contributed by atoms with van der Waals surface area (Å²) in [7, 11) is 0. The van der Waals surface area contributed by atoms with Gasteiger partial charge in [0.15, 0.2) is 5.69 Å². The second kappa shape index (κ2) is 8.07. The number of aromatic nitrogens is 2. The van der Waals surface area contributed by atoms with Crippen LogP contribution in [0.1, 0.15) is 26.4 Å². The maximum Gasteiger partial charge on any atom is 0.269 e. The third kappa shape index (κ3) is 3.70. The SMILES string of the molecule is NC(=O)c1nn(-c2cccc(F)c2)c2c1COc1ccc(NC(=O)c3ccccc3Cl)cc1-2. The van der Waals surface area contributed by atoms with E-state index >= 15 is 0 Å². The topological polar surface area (TPSA) is 99.2 Å². The molecule has 164 valence electrons. The van der Waals surface area contributed by atoms with E-state index < -0.39 is 11.7 Å². The standard InChI is InChI=1S/C24H16ClFN4O3/c25-19-7-2-1-6-16(19)24(32)28-14-8-9-20-17(11-14)22-18(12-33-20)21(23(27)31)29-30(22)15-5-3-4-13(26)10-15/h1-11H,12H2,(H2,27,31)(H,28,32). The molecule has 0 spiro atoms. The first kappa shape index (κ1) is 20.7. The fourth-order valence-electron chi connectivity index (χ4n) is 3.77. The lowest BCUT2D eigenvalue weighted by Gasteiger charge is -2.21. The number of fused-ring (bicyclic) bond motifs is 3. The number of carbonyl (C=O) groups is 2. The minimum absolute atomic E-state index is 0.0328. The van der Waals surface area contributed by atoms with Crippen LogP contribution >= 0.6 is 11.6 Å². The molecule has 0 radical (unpaired) electrons. The number of ether oxygens (including phenoxy) is 1. The summed E-state index contributed by atoms with van der Waals surface area (Å²) in [5.41, 5.74) is 8.37.